The van der Waals surface area contributed by atoms with Crippen molar-refractivity contribution in [3.63, 3.8) is 0 Å². The van der Waals surface area contributed by atoms with Gasteiger partial charge in [0.05, 0.1) is 0 Å². The van der Waals surface area contributed by atoms with Crippen LogP contribution in [0.2, 0.25) is 0 Å². The van der Waals surface area contributed by atoms with Gasteiger partial charge in [0, 0.05) is 0 Å². The van der Waals surface area contributed by atoms with E-state index in [-0.39, 0.29) is 5.56 Å². The summed E-state index contributed by atoms with van der Waals surface area (Å²) in [5.74, 6) is -7.08. The number of hydrogen-bond acceptors (Lipinski definition) is 5. The maximum atomic E-state index is 13.7. The number of alkyl halides is 5. The molecule has 6 nitrogen and oxygen atoms in total. The molecule has 1 unspecified atom stereocenters. The molecule has 0 saturated heterocycles. The Morgan fingerprint density at radius 1 is 1.04 bits per heavy atom. The normalized spacial score (nSPS) is 16.3. The van der Waals surface area contributed by atoms with Gasteiger partial charge in [0.2, 0.25) is 0 Å². The van der Waals surface area contributed by atoms with Crippen LogP contribution in [-0.2, 0) is 30.2 Å². The number of hydrogen-bond donors (Lipinski definition) is 1. The first-order valence-electron chi connectivity index (χ1n) is 5.52. The molecule has 0 aliphatic rings. The highest BCUT2D eigenvalue weighted by Gasteiger charge is 2.72. The van der Waals surface area contributed by atoms with Gasteiger partial charge in [-0.05, 0) is 5.56 Å². The van der Waals surface area contributed by atoms with Crippen molar-refractivity contribution < 1.29 is 47.5 Å². The number of rotatable bonds is 7. The quantitative estimate of drug-likeness (QED) is 0.438. The molecule has 1 atom stereocenters. The van der Waals surface area contributed by atoms with E-state index in [9.17, 15) is 38.8 Å². The molecule has 0 fully saturated rings. The summed E-state index contributed by atoms with van der Waals surface area (Å²) in [6.45, 7) is 0. The van der Waals surface area contributed by atoms with E-state index in [0.29, 0.717) is 0 Å². The van der Waals surface area contributed by atoms with E-state index in [1.165, 1.54) is 18.2 Å². The molecule has 0 saturated carbocycles. The molecule has 1 aromatic carbocycles. The van der Waals surface area contributed by atoms with Gasteiger partial charge in [-0.15, -0.1) is 0 Å². The van der Waals surface area contributed by atoms with E-state index >= 15 is 0 Å². The lowest BCUT2D eigenvalue weighted by atomic mass is 10.2. The minimum absolute atomic E-state index is 0.126. The van der Waals surface area contributed by atoms with Crippen molar-refractivity contribution in [3.05, 3.63) is 35.9 Å². The zero-order chi connectivity index (χ0) is 18.1. The van der Waals surface area contributed by atoms with Crippen LogP contribution in [0.15, 0.2) is 30.3 Å². The molecule has 1 rings (SSSR count). The molecule has 0 bridgehead atoms. The summed E-state index contributed by atoms with van der Waals surface area (Å²) in [4.78, 5) is 0. The minimum Gasteiger partial charge on any atom is -0.281 e. The molecule has 0 radical (unpaired) electrons. The van der Waals surface area contributed by atoms with E-state index in [0.717, 1.165) is 12.1 Å². The summed E-state index contributed by atoms with van der Waals surface area (Å²) in [7, 11) is -12.1. The standard InChI is InChI=1S/C10H9F5O6S2/c11-8(12)9(13,10(14,15)23(18,19)20)21-22(16,17)6-7-4-2-1-3-5-7/h1-5,8H,6H2,(H,18,19,20). The third-order valence-corrected chi connectivity index (χ3v) is 4.55. The van der Waals surface area contributed by atoms with Crippen LogP contribution in [0, 0.1) is 0 Å². The molecular formula is C10H9F5O6S2. The smallest absolute Gasteiger partial charge is 0.281 e. The van der Waals surface area contributed by atoms with E-state index in [4.69, 9.17) is 4.55 Å². The van der Waals surface area contributed by atoms with E-state index in [1.807, 2.05) is 0 Å². The van der Waals surface area contributed by atoms with E-state index in [1.54, 1.807) is 0 Å². The summed E-state index contributed by atoms with van der Waals surface area (Å²) in [5.41, 5.74) is -0.126. The summed E-state index contributed by atoms with van der Waals surface area (Å²) in [6, 6.07) is 6.36. The van der Waals surface area contributed by atoms with Crippen LogP contribution in [0.3, 0.4) is 0 Å². The van der Waals surface area contributed by atoms with Gasteiger partial charge in [0.15, 0.2) is 0 Å². The third-order valence-electron chi connectivity index (χ3n) is 2.44. The fraction of sp³-hybridized carbons (Fsp3) is 0.400. The van der Waals surface area contributed by atoms with Crippen molar-refractivity contribution in [2.75, 3.05) is 0 Å². The monoisotopic (exact) mass is 384 g/mol. The van der Waals surface area contributed by atoms with Crippen molar-refractivity contribution in [2.24, 2.45) is 0 Å². The largest absolute Gasteiger partial charge is 0.433 e. The molecule has 1 N–H and O–H groups in total. The molecule has 23 heavy (non-hydrogen) atoms. The summed E-state index contributed by atoms with van der Waals surface area (Å²) in [5, 5.41) is -6.22. The van der Waals surface area contributed by atoms with Crippen molar-refractivity contribution in [1.82, 2.24) is 0 Å². The second-order valence-corrected chi connectivity index (χ2v) is 7.24. The number of halogens is 5. The van der Waals surface area contributed by atoms with Crippen LogP contribution < -0.4 is 0 Å². The number of benzene rings is 1. The van der Waals surface area contributed by atoms with Crippen LogP contribution in [0.4, 0.5) is 22.0 Å². The topological polar surface area (TPSA) is 97.7 Å². The van der Waals surface area contributed by atoms with Gasteiger partial charge in [-0.25, -0.2) is 13.0 Å². The molecule has 0 amide bonds. The van der Waals surface area contributed by atoms with Gasteiger partial charge in [0.1, 0.15) is 5.75 Å². The Kier molecular flexibility index (Phi) is 5.40. The van der Waals surface area contributed by atoms with Gasteiger partial charge < -0.3 is 0 Å². The molecule has 0 heterocycles. The van der Waals surface area contributed by atoms with Crippen LogP contribution in [0.25, 0.3) is 0 Å². The maximum absolute atomic E-state index is 13.7. The predicted octanol–water partition coefficient (Wildman–Crippen LogP) is 1.94. The van der Waals surface area contributed by atoms with Crippen molar-refractivity contribution in [3.8, 4) is 0 Å². The minimum atomic E-state index is -6.73. The lowest BCUT2D eigenvalue weighted by Gasteiger charge is -2.29. The molecule has 0 spiro atoms. The molecule has 0 aromatic heterocycles. The molecule has 13 heteroatoms. The zero-order valence-corrected chi connectivity index (χ0v) is 12.5. The van der Waals surface area contributed by atoms with Crippen LogP contribution in [0.5, 0.6) is 0 Å². The first-order valence-corrected chi connectivity index (χ1v) is 8.54. The average Bonchev–Trinajstić information content (AvgIpc) is 2.36. The lowest BCUT2D eigenvalue weighted by Crippen LogP contribution is -2.57. The summed E-state index contributed by atoms with van der Waals surface area (Å²) < 4.78 is 120. The molecule has 1 aromatic rings. The fourth-order valence-electron chi connectivity index (χ4n) is 1.38. The van der Waals surface area contributed by atoms with Crippen LogP contribution >= 0.6 is 0 Å². The highest BCUT2D eigenvalue weighted by molar-refractivity contribution is 7.87. The van der Waals surface area contributed by atoms with Gasteiger partial charge >= 0.3 is 27.7 Å². The Morgan fingerprint density at radius 3 is 1.91 bits per heavy atom. The Labute approximate surface area is 127 Å². The average molecular weight is 384 g/mol. The van der Waals surface area contributed by atoms with Gasteiger partial charge in [-0.1, -0.05) is 30.3 Å². The SMILES string of the molecule is O=S(=O)(Cc1ccccc1)OC(F)(C(F)F)C(F)(F)S(=O)(=O)O. The summed E-state index contributed by atoms with van der Waals surface area (Å²) >= 11 is 0. The predicted molar refractivity (Wildman–Crippen MR) is 66.5 cm³/mol. The maximum Gasteiger partial charge on any atom is 0.433 e. The van der Waals surface area contributed by atoms with Crippen molar-refractivity contribution in [1.29, 1.82) is 0 Å². The Bertz CT molecular complexity index is 749. The van der Waals surface area contributed by atoms with Crippen LogP contribution in [0.1, 0.15) is 5.56 Å². The van der Waals surface area contributed by atoms with Gasteiger partial charge in [-0.2, -0.15) is 30.0 Å². The first kappa shape index (κ1) is 19.7. The molecular weight excluding hydrogens is 375 g/mol. The highest BCUT2D eigenvalue weighted by Crippen LogP contribution is 2.43. The second-order valence-electron chi connectivity index (χ2n) is 4.21. The summed E-state index contributed by atoms with van der Waals surface area (Å²) in [6.07, 6.45) is -4.90. The highest BCUT2D eigenvalue weighted by atomic mass is 32.2. The zero-order valence-electron chi connectivity index (χ0n) is 10.9. The van der Waals surface area contributed by atoms with E-state index < -0.39 is 43.5 Å². The third kappa shape index (κ3) is 4.16. The van der Waals surface area contributed by atoms with Crippen LogP contribution in [-0.4, -0.2) is 38.9 Å². The first-order chi connectivity index (χ1) is 10.2. The van der Waals surface area contributed by atoms with Crippen molar-refractivity contribution in [2.45, 2.75) is 23.3 Å². The molecule has 0 aliphatic heterocycles. The Morgan fingerprint density at radius 2 is 1.52 bits per heavy atom. The Hall–Kier alpha value is -1.31. The van der Waals surface area contributed by atoms with Crippen molar-refractivity contribution >= 4 is 20.2 Å². The van der Waals surface area contributed by atoms with Gasteiger partial charge in [0.25, 0.3) is 10.1 Å². The molecule has 0 aliphatic carbocycles. The van der Waals surface area contributed by atoms with Gasteiger partial charge in [-0.3, -0.25) is 4.55 Å². The Balaban J connectivity index is 3.23. The fourth-order valence-corrected chi connectivity index (χ4v) is 3.12. The van der Waals surface area contributed by atoms with E-state index in [2.05, 4.69) is 4.18 Å². The molecule has 132 valence electrons. The second kappa shape index (κ2) is 6.30. The lowest BCUT2D eigenvalue weighted by molar-refractivity contribution is -0.253.